The first kappa shape index (κ1) is 35.6. The molecule has 11 nitrogen and oxygen atoms in total. The molecule has 2 aliphatic heterocycles. The molecule has 0 bridgehead atoms. The molecule has 0 saturated carbocycles. The number of nitrogens with one attached hydrogen (secondary N) is 3. The molecule has 52 heavy (non-hydrogen) atoms. The van der Waals surface area contributed by atoms with Crippen LogP contribution < -0.4 is 26.2 Å². The number of halogens is 2. The molecule has 2 aromatic carbocycles. The second-order valence-electron chi connectivity index (χ2n) is 13.2. The molecule has 2 atom stereocenters. The molecule has 3 N–H and O–H groups in total. The Morgan fingerprint density at radius 3 is 2.46 bits per heavy atom. The largest absolute Gasteiger partial charge is 0.481 e. The van der Waals surface area contributed by atoms with Crippen LogP contribution in [-0.4, -0.2) is 70.9 Å². The Morgan fingerprint density at radius 2 is 1.73 bits per heavy atom. The van der Waals surface area contributed by atoms with E-state index >= 15 is 0 Å². The number of amides is 2. The molecular formula is C39H39Cl2N7O4. The van der Waals surface area contributed by atoms with Crippen molar-refractivity contribution in [3.05, 3.63) is 105 Å². The lowest BCUT2D eigenvalue weighted by Crippen LogP contribution is -2.35. The number of aromatic nitrogens is 3. The number of likely N-dealkylation sites (tertiary alicyclic amines) is 1. The molecule has 5 heterocycles. The van der Waals surface area contributed by atoms with Gasteiger partial charge in [0.2, 0.25) is 17.7 Å². The third kappa shape index (κ3) is 7.27. The fourth-order valence-corrected chi connectivity index (χ4v) is 7.73. The van der Waals surface area contributed by atoms with Gasteiger partial charge < -0.3 is 20.7 Å². The lowest BCUT2D eigenvalue weighted by Gasteiger charge is -2.16. The van der Waals surface area contributed by atoms with Crippen molar-refractivity contribution in [1.82, 2.24) is 35.2 Å². The van der Waals surface area contributed by atoms with Gasteiger partial charge in [-0.25, -0.2) is 9.97 Å². The van der Waals surface area contributed by atoms with E-state index in [0.29, 0.717) is 65.4 Å². The third-order valence-corrected chi connectivity index (χ3v) is 10.7. The zero-order chi connectivity index (χ0) is 36.4. The molecule has 0 spiro atoms. The molecule has 3 aromatic heterocycles. The predicted octanol–water partition coefficient (Wildman–Crippen LogP) is 5.34. The van der Waals surface area contributed by atoms with Gasteiger partial charge in [-0.2, -0.15) is 0 Å². The van der Waals surface area contributed by atoms with E-state index < -0.39 is 0 Å². The number of benzene rings is 2. The van der Waals surface area contributed by atoms with E-state index in [1.165, 1.54) is 0 Å². The lowest BCUT2D eigenvalue weighted by molar-refractivity contribution is -0.124. The molecule has 7 rings (SSSR count). The minimum absolute atomic E-state index is 0.0298. The molecular weight excluding hydrogens is 701 g/mol. The van der Waals surface area contributed by atoms with Gasteiger partial charge in [0.1, 0.15) is 5.65 Å². The van der Waals surface area contributed by atoms with Crippen molar-refractivity contribution in [2.45, 2.75) is 38.4 Å². The van der Waals surface area contributed by atoms with Crippen molar-refractivity contribution in [2.24, 2.45) is 5.92 Å². The van der Waals surface area contributed by atoms with Crippen molar-refractivity contribution in [3.63, 3.8) is 0 Å². The van der Waals surface area contributed by atoms with Crippen LogP contribution in [0.1, 0.15) is 30.4 Å². The summed E-state index contributed by atoms with van der Waals surface area (Å²) in [6.07, 6.45) is 5.51. The number of rotatable bonds is 11. The van der Waals surface area contributed by atoms with Gasteiger partial charge in [0, 0.05) is 85.9 Å². The van der Waals surface area contributed by atoms with Crippen LogP contribution in [0, 0.1) is 5.92 Å². The second-order valence-corrected chi connectivity index (χ2v) is 14.0. The number of carbonyl (C=O) groups excluding carboxylic acids is 2. The highest BCUT2D eigenvalue weighted by Crippen LogP contribution is 2.42. The number of nitrogens with zero attached hydrogens (tertiary/aromatic N) is 4. The maximum absolute atomic E-state index is 13.4. The van der Waals surface area contributed by atoms with Gasteiger partial charge in [-0.05, 0) is 43.1 Å². The van der Waals surface area contributed by atoms with E-state index in [4.69, 9.17) is 32.9 Å². The molecule has 0 aliphatic carbocycles. The average molecular weight is 741 g/mol. The molecule has 2 amide bonds. The van der Waals surface area contributed by atoms with E-state index in [1.54, 1.807) is 31.0 Å². The predicted molar refractivity (Wildman–Crippen MR) is 202 cm³/mol. The summed E-state index contributed by atoms with van der Waals surface area (Å²) >= 11 is 14.2. The van der Waals surface area contributed by atoms with Crippen molar-refractivity contribution < 1.29 is 14.3 Å². The van der Waals surface area contributed by atoms with Gasteiger partial charge in [-0.3, -0.25) is 23.7 Å². The fourth-order valence-electron chi connectivity index (χ4n) is 7.07. The first-order chi connectivity index (χ1) is 25.2. The summed E-state index contributed by atoms with van der Waals surface area (Å²) in [6.45, 7) is 3.00. The lowest BCUT2D eigenvalue weighted by atomic mass is 9.97. The standard InChI is InChI=1S/C39H39Cl2N7O4/c1-42-37(50)25-13-15-47(21-25)22-26-19-44-33-17-23(14-16-48(33)39(26)51)28-5-3-6-29(35(28)40)30-7-4-8-31(36(30)41)32-11-9-24(38(46-32)52-2)18-43-20-27-10-12-34(49)45-27/h3-9,11,14,16-17,19,25,27,43H,10,12-13,15,18,20-22H2,1-2H3,(H,42,50)(H,45,49)/t25-,27-/m0/s1. The number of ether oxygens (including phenoxy) is 1. The Hall–Kier alpha value is -4.81. The van der Waals surface area contributed by atoms with Crippen molar-refractivity contribution in [3.8, 4) is 39.4 Å². The summed E-state index contributed by atoms with van der Waals surface area (Å²) in [5.74, 6) is 0.543. The topological polar surface area (TPSA) is 130 Å². The Bertz CT molecular complexity index is 2230. The average Bonchev–Trinajstić information content (AvgIpc) is 3.81. The molecule has 0 radical (unpaired) electrons. The SMILES string of the molecule is CNC(=O)[C@H]1CCN(Cc2cnc3cc(-c4cccc(-c5cccc(-c6ccc(CNC[C@@H]7CCC(=O)N7)c(OC)n6)c5Cl)c4Cl)ccn3c2=O)C1. The molecule has 2 fully saturated rings. The monoisotopic (exact) mass is 739 g/mol. The van der Waals surface area contributed by atoms with Crippen LogP contribution in [0.2, 0.25) is 10.0 Å². The maximum Gasteiger partial charge on any atom is 0.262 e. The van der Waals surface area contributed by atoms with Crippen LogP contribution in [0.4, 0.5) is 0 Å². The Kier molecular flexibility index (Phi) is 10.6. The van der Waals surface area contributed by atoms with E-state index in [-0.39, 0.29) is 29.3 Å². The van der Waals surface area contributed by atoms with Crippen LogP contribution in [0.3, 0.4) is 0 Å². The number of carbonyl (C=O) groups is 2. The zero-order valence-electron chi connectivity index (χ0n) is 28.9. The Labute approximate surface area is 311 Å². The van der Waals surface area contributed by atoms with Gasteiger partial charge in [-0.15, -0.1) is 0 Å². The van der Waals surface area contributed by atoms with Crippen LogP contribution in [-0.2, 0) is 22.7 Å². The number of fused-ring (bicyclic) bond motifs is 1. The first-order valence-corrected chi connectivity index (χ1v) is 18.1. The summed E-state index contributed by atoms with van der Waals surface area (Å²) in [4.78, 5) is 48.6. The maximum atomic E-state index is 13.4. The van der Waals surface area contributed by atoms with Crippen molar-refractivity contribution in [2.75, 3.05) is 33.8 Å². The number of hydrogen-bond donors (Lipinski definition) is 3. The minimum Gasteiger partial charge on any atom is -0.481 e. The second kappa shape index (κ2) is 15.4. The van der Waals surface area contributed by atoms with Gasteiger partial charge in [0.15, 0.2) is 0 Å². The van der Waals surface area contributed by atoms with Crippen molar-refractivity contribution >= 4 is 40.7 Å². The smallest absolute Gasteiger partial charge is 0.262 e. The summed E-state index contributed by atoms with van der Waals surface area (Å²) < 4.78 is 7.19. The number of hydrogen-bond acceptors (Lipinski definition) is 8. The summed E-state index contributed by atoms with van der Waals surface area (Å²) in [7, 11) is 3.24. The van der Waals surface area contributed by atoms with E-state index in [0.717, 1.165) is 52.8 Å². The van der Waals surface area contributed by atoms with Gasteiger partial charge in [0.05, 0.1) is 34.3 Å². The van der Waals surface area contributed by atoms with Crippen LogP contribution >= 0.6 is 23.2 Å². The molecule has 2 aliphatic rings. The summed E-state index contributed by atoms with van der Waals surface area (Å²) in [6, 6.07) is 19.3. The number of pyridine rings is 2. The van der Waals surface area contributed by atoms with Gasteiger partial charge >= 0.3 is 0 Å². The highest BCUT2D eigenvalue weighted by Gasteiger charge is 2.28. The third-order valence-electron chi connectivity index (χ3n) is 9.86. The fraction of sp³-hybridized carbons (Fsp3) is 0.308. The van der Waals surface area contributed by atoms with E-state index in [2.05, 4.69) is 25.8 Å². The molecule has 13 heteroatoms. The Balaban J connectivity index is 1.12. The highest BCUT2D eigenvalue weighted by atomic mass is 35.5. The van der Waals surface area contributed by atoms with E-state index in [9.17, 15) is 14.4 Å². The molecule has 2 saturated heterocycles. The van der Waals surface area contributed by atoms with Crippen LogP contribution in [0.25, 0.3) is 39.2 Å². The number of methoxy groups -OCH3 is 1. The van der Waals surface area contributed by atoms with Crippen LogP contribution in [0.15, 0.2) is 77.9 Å². The normalized spacial score (nSPS) is 17.4. The van der Waals surface area contributed by atoms with Crippen LogP contribution in [0.5, 0.6) is 5.88 Å². The Morgan fingerprint density at radius 1 is 0.981 bits per heavy atom. The quantitative estimate of drug-likeness (QED) is 0.166. The molecule has 0 unspecified atom stereocenters. The summed E-state index contributed by atoms with van der Waals surface area (Å²) in [5.41, 5.74) is 6.29. The van der Waals surface area contributed by atoms with E-state index in [1.807, 2.05) is 60.7 Å². The van der Waals surface area contributed by atoms with Gasteiger partial charge in [0.25, 0.3) is 5.56 Å². The summed E-state index contributed by atoms with van der Waals surface area (Å²) in [5, 5.41) is 10.1. The highest BCUT2D eigenvalue weighted by molar-refractivity contribution is 6.39. The first-order valence-electron chi connectivity index (χ1n) is 17.3. The van der Waals surface area contributed by atoms with Gasteiger partial charge in [-0.1, -0.05) is 65.7 Å². The minimum atomic E-state index is -0.142. The molecule has 5 aromatic rings. The molecule has 268 valence electrons. The zero-order valence-corrected chi connectivity index (χ0v) is 30.4. The van der Waals surface area contributed by atoms with Crippen molar-refractivity contribution in [1.29, 1.82) is 0 Å².